The van der Waals surface area contributed by atoms with Gasteiger partial charge in [0.25, 0.3) is 0 Å². The van der Waals surface area contributed by atoms with Crippen molar-refractivity contribution in [3.63, 3.8) is 0 Å². The number of rotatable bonds is 1. The fourth-order valence-corrected chi connectivity index (χ4v) is 1.69. The first kappa shape index (κ1) is 7.60. The molecule has 1 rings (SSSR count). The minimum absolute atomic E-state index is 0.269. The van der Waals surface area contributed by atoms with E-state index in [-0.39, 0.29) is 5.37 Å². The van der Waals surface area contributed by atoms with Crippen molar-refractivity contribution in [2.45, 2.75) is 25.6 Å². The molecule has 1 atom stereocenters. The number of hydrogen-bond donors (Lipinski definition) is 1. The summed E-state index contributed by atoms with van der Waals surface area (Å²) in [5.41, 5.74) is 0.847. The Labute approximate surface area is 64.2 Å². The predicted octanol–water partition coefficient (Wildman–Crippen LogP) is 1.72. The van der Waals surface area contributed by atoms with Crippen molar-refractivity contribution < 1.29 is 5.21 Å². The molecule has 0 saturated heterocycles. The van der Waals surface area contributed by atoms with Crippen LogP contribution < -0.4 is 0 Å². The van der Waals surface area contributed by atoms with E-state index in [4.69, 9.17) is 5.21 Å². The van der Waals surface area contributed by atoms with Gasteiger partial charge in [0.05, 0.1) is 5.71 Å². The van der Waals surface area contributed by atoms with Gasteiger partial charge in [0, 0.05) is 0 Å². The Morgan fingerprint density at radius 3 is 2.80 bits per heavy atom. The van der Waals surface area contributed by atoms with Gasteiger partial charge < -0.3 is 5.21 Å². The molecule has 4 heteroatoms. The van der Waals surface area contributed by atoms with Gasteiger partial charge in [-0.05, 0) is 13.3 Å². The number of thioether (sulfide) groups is 1. The van der Waals surface area contributed by atoms with Gasteiger partial charge in [-0.15, -0.1) is 0 Å². The molecule has 0 radical (unpaired) electrons. The van der Waals surface area contributed by atoms with Crippen LogP contribution in [0.25, 0.3) is 0 Å². The summed E-state index contributed by atoms with van der Waals surface area (Å²) in [5.74, 6) is 0. The number of hydrogen-bond acceptors (Lipinski definition) is 4. The summed E-state index contributed by atoms with van der Waals surface area (Å²) in [6.07, 6.45) is 0.987. The van der Waals surface area contributed by atoms with Crippen LogP contribution in [0.3, 0.4) is 0 Å². The van der Waals surface area contributed by atoms with Crippen LogP contribution in [0.4, 0.5) is 0 Å². The highest BCUT2D eigenvalue weighted by atomic mass is 32.2. The third-order valence-corrected chi connectivity index (χ3v) is 2.65. The Kier molecular flexibility index (Phi) is 2.32. The third-order valence-electron chi connectivity index (χ3n) is 1.33. The van der Waals surface area contributed by atoms with Crippen LogP contribution in [0, 0.1) is 0 Å². The molecule has 0 aromatic heterocycles. The maximum absolute atomic E-state index is 8.44. The zero-order chi connectivity index (χ0) is 7.56. The summed E-state index contributed by atoms with van der Waals surface area (Å²) in [7, 11) is 0. The van der Waals surface area contributed by atoms with Crippen molar-refractivity contribution >= 4 is 22.5 Å². The highest BCUT2D eigenvalue weighted by Crippen LogP contribution is 2.25. The summed E-state index contributed by atoms with van der Waals surface area (Å²) >= 11 is 1.52. The second-order valence-electron chi connectivity index (χ2n) is 2.10. The second-order valence-corrected chi connectivity index (χ2v) is 3.27. The molecule has 1 aliphatic rings. The largest absolute Gasteiger partial charge is 0.410 e. The Morgan fingerprint density at radius 2 is 2.50 bits per heavy atom. The summed E-state index contributed by atoms with van der Waals surface area (Å²) in [4.78, 5) is 4.25. The van der Waals surface area contributed by atoms with Gasteiger partial charge >= 0.3 is 0 Å². The van der Waals surface area contributed by atoms with E-state index in [2.05, 4.69) is 17.1 Å². The molecule has 0 aromatic rings. The Balaban J connectivity index is 2.68. The van der Waals surface area contributed by atoms with Crippen molar-refractivity contribution in [2.24, 2.45) is 10.1 Å². The molecule has 0 saturated carbocycles. The Bertz CT molecular complexity index is 188. The molecule has 1 aliphatic heterocycles. The lowest BCUT2D eigenvalue weighted by Crippen LogP contribution is -1.98. The van der Waals surface area contributed by atoms with Crippen LogP contribution >= 0.6 is 11.8 Å². The van der Waals surface area contributed by atoms with Gasteiger partial charge in [0.2, 0.25) is 0 Å². The number of oxime groups is 1. The van der Waals surface area contributed by atoms with Gasteiger partial charge in [-0.1, -0.05) is 23.8 Å². The average Bonchev–Trinajstić information content (AvgIpc) is 2.30. The summed E-state index contributed by atoms with van der Waals surface area (Å²) < 4.78 is 0. The molecule has 0 bridgehead atoms. The van der Waals surface area contributed by atoms with Gasteiger partial charge in [-0.25, -0.2) is 0 Å². The van der Waals surface area contributed by atoms with Gasteiger partial charge in [0.15, 0.2) is 5.04 Å². The van der Waals surface area contributed by atoms with E-state index >= 15 is 0 Å². The smallest absolute Gasteiger partial charge is 0.158 e. The van der Waals surface area contributed by atoms with Crippen molar-refractivity contribution in [1.29, 1.82) is 0 Å². The van der Waals surface area contributed by atoms with E-state index in [9.17, 15) is 0 Å². The Hall–Kier alpha value is -0.510. The molecule has 1 N–H and O–H groups in total. The molecule has 0 aliphatic carbocycles. The third kappa shape index (κ3) is 1.31. The van der Waals surface area contributed by atoms with Crippen LogP contribution in [0.2, 0.25) is 0 Å². The maximum Gasteiger partial charge on any atom is 0.158 e. The molecule has 0 fully saturated rings. The monoisotopic (exact) mass is 158 g/mol. The standard InChI is InChI=1S/C6H10N2OS/c1-3-5-7-4(2)6(8-9)10-5/h5,9H,3H2,1-2H3/b8-6+. The molecule has 1 heterocycles. The molecular formula is C6H10N2OS. The van der Waals surface area contributed by atoms with Crippen LogP contribution in [-0.2, 0) is 0 Å². The van der Waals surface area contributed by atoms with Crippen LogP contribution in [-0.4, -0.2) is 21.3 Å². The van der Waals surface area contributed by atoms with Crippen molar-refractivity contribution in [1.82, 2.24) is 0 Å². The lowest BCUT2D eigenvalue weighted by molar-refractivity contribution is 0.321. The van der Waals surface area contributed by atoms with Gasteiger partial charge in [0.1, 0.15) is 5.37 Å². The van der Waals surface area contributed by atoms with E-state index in [1.807, 2.05) is 6.92 Å². The second kappa shape index (κ2) is 3.05. The summed E-state index contributed by atoms with van der Waals surface area (Å²) in [5, 5.41) is 12.5. The maximum atomic E-state index is 8.44. The molecule has 0 amide bonds. The first-order chi connectivity index (χ1) is 4.77. The summed E-state index contributed by atoms with van der Waals surface area (Å²) in [6, 6.07) is 0. The van der Waals surface area contributed by atoms with Crippen LogP contribution in [0.5, 0.6) is 0 Å². The van der Waals surface area contributed by atoms with E-state index in [1.165, 1.54) is 11.8 Å². The highest BCUT2D eigenvalue weighted by Gasteiger charge is 2.20. The fourth-order valence-electron chi connectivity index (χ4n) is 0.782. The molecular weight excluding hydrogens is 148 g/mol. The molecule has 56 valence electrons. The molecule has 10 heavy (non-hydrogen) atoms. The zero-order valence-corrected chi connectivity index (χ0v) is 6.85. The number of nitrogens with zero attached hydrogens (tertiary/aromatic N) is 2. The first-order valence-electron chi connectivity index (χ1n) is 3.21. The quantitative estimate of drug-likeness (QED) is 0.466. The lowest BCUT2D eigenvalue weighted by Gasteiger charge is -1.96. The topological polar surface area (TPSA) is 45.0 Å². The van der Waals surface area contributed by atoms with E-state index < -0.39 is 0 Å². The van der Waals surface area contributed by atoms with Crippen LogP contribution in [0.1, 0.15) is 20.3 Å². The van der Waals surface area contributed by atoms with Gasteiger partial charge in [-0.3, -0.25) is 4.99 Å². The number of aliphatic imine (C=N–C) groups is 1. The molecule has 0 spiro atoms. The Morgan fingerprint density at radius 1 is 1.80 bits per heavy atom. The predicted molar refractivity (Wildman–Crippen MR) is 44.0 cm³/mol. The van der Waals surface area contributed by atoms with E-state index in [1.54, 1.807) is 0 Å². The van der Waals surface area contributed by atoms with Crippen molar-refractivity contribution in [3.05, 3.63) is 0 Å². The van der Waals surface area contributed by atoms with E-state index in [0.717, 1.165) is 12.1 Å². The molecule has 0 aromatic carbocycles. The first-order valence-corrected chi connectivity index (χ1v) is 4.09. The van der Waals surface area contributed by atoms with Crippen LogP contribution in [0.15, 0.2) is 10.1 Å². The minimum Gasteiger partial charge on any atom is -0.410 e. The zero-order valence-electron chi connectivity index (χ0n) is 6.03. The molecule has 3 nitrogen and oxygen atoms in total. The normalized spacial score (nSPS) is 29.2. The minimum atomic E-state index is 0.269. The van der Waals surface area contributed by atoms with Crippen molar-refractivity contribution in [2.75, 3.05) is 0 Å². The summed E-state index contributed by atoms with van der Waals surface area (Å²) in [6.45, 7) is 3.92. The van der Waals surface area contributed by atoms with E-state index in [0.29, 0.717) is 5.04 Å². The van der Waals surface area contributed by atoms with Gasteiger partial charge in [-0.2, -0.15) is 0 Å². The SMILES string of the molecule is CCC1N=C(C)/C(=N\O)S1. The fraction of sp³-hybridized carbons (Fsp3) is 0.667. The molecule has 1 unspecified atom stereocenters. The highest BCUT2D eigenvalue weighted by molar-refractivity contribution is 8.16. The lowest BCUT2D eigenvalue weighted by atomic mass is 10.4. The average molecular weight is 158 g/mol. The van der Waals surface area contributed by atoms with Crippen molar-refractivity contribution in [3.8, 4) is 0 Å².